The number of nitrogens with two attached hydrogens (primary N) is 2. The number of benzene rings is 1. The molecule has 0 amide bonds. The Morgan fingerprint density at radius 3 is 2.25 bits per heavy atom. The van der Waals surface area contributed by atoms with E-state index < -0.39 is 15.9 Å². The first-order chi connectivity index (χ1) is 9.39. The van der Waals surface area contributed by atoms with Crippen LogP contribution in [0.3, 0.4) is 0 Å². The number of rotatable bonds is 8. The molecule has 0 spiro atoms. The molecule has 1 aromatic rings. The molecule has 114 valence electrons. The number of nitrogens with one attached hydrogen (secondary N) is 1. The fourth-order valence-corrected chi connectivity index (χ4v) is 8.24. The summed E-state index contributed by atoms with van der Waals surface area (Å²) in [4.78, 5) is 0. The topological polar surface area (TPSA) is 119 Å². The Hall–Kier alpha value is -0.220. The molecular weight excluding hydrogens is 339 g/mol. The minimum Gasteiger partial charge on any atom is -0.279 e. The molecule has 0 aliphatic rings. The summed E-state index contributed by atoms with van der Waals surface area (Å²) in [6, 6.07) is 8.33. The molecule has 0 aromatic heterocycles. The van der Waals surface area contributed by atoms with Gasteiger partial charge in [0, 0.05) is 35.4 Å². The zero-order valence-electron chi connectivity index (χ0n) is 10.8. The van der Waals surface area contributed by atoms with Crippen molar-refractivity contribution in [3.05, 3.63) is 30.3 Å². The predicted molar refractivity (Wildman–Crippen MR) is 87.1 cm³/mol. The molecule has 20 heavy (non-hydrogen) atoms. The molecule has 1 rings (SSSR count). The molecule has 5 N–H and O–H groups in total. The average molecular weight is 356 g/mol. The third kappa shape index (κ3) is 4.39. The van der Waals surface area contributed by atoms with Crippen molar-refractivity contribution in [2.45, 2.75) is 13.3 Å². The highest BCUT2D eigenvalue weighted by molar-refractivity contribution is 8.89. The second-order valence-electron chi connectivity index (χ2n) is 3.70. The predicted octanol–water partition coefficient (Wildman–Crippen LogP) is 2.38. The summed E-state index contributed by atoms with van der Waals surface area (Å²) in [5, 5.41) is 10.7. The first-order valence-corrected chi connectivity index (χ1v) is 11.7. The summed E-state index contributed by atoms with van der Waals surface area (Å²) in [6.07, 6.45) is 0.487. The summed E-state index contributed by atoms with van der Waals surface area (Å²) < 4.78 is 40.4. The van der Waals surface area contributed by atoms with Gasteiger partial charge in [-0.25, -0.2) is 0 Å². The zero-order chi connectivity index (χ0) is 15.2. The van der Waals surface area contributed by atoms with E-state index in [0.717, 1.165) is 4.08 Å². The highest BCUT2D eigenvalue weighted by atomic mass is 33.1. The van der Waals surface area contributed by atoms with Crippen molar-refractivity contribution in [1.29, 1.82) is 0 Å². The molecule has 0 bridgehead atoms. The van der Waals surface area contributed by atoms with Gasteiger partial charge in [0.2, 0.25) is 0 Å². The van der Waals surface area contributed by atoms with Gasteiger partial charge in [0.1, 0.15) is 0 Å². The summed E-state index contributed by atoms with van der Waals surface area (Å²) in [5.41, 5.74) is -3.12. The standard InChI is InChI=1S/C9H17N4O3PS3/c1-2-8-13(17(14,18-10)19-11)20(15,16)12-9-6-4-3-5-7-9/h3-7,12H,2,8,10-11H2,1H3. The molecule has 0 fully saturated rings. The van der Waals surface area contributed by atoms with Gasteiger partial charge < -0.3 is 0 Å². The second kappa shape index (κ2) is 7.69. The van der Waals surface area contributed by atoms with Crippen LogP contribution < -0.4 is 15.0 Å². The van der Waals surface area contributed by atoms with Crippen LogP contribution >= 0.6 is 28.8 Å². The van der Waals surface area contributed by atoms with Crippen LogP contribution in [0, 0.1) is 0 Å². The van der Waals surface area contributed by atoms with Gasteiger partial charge in [0.05, 0.1) is 0 Å². The van der Waals surface area contributed by atoms with Crippen LogP contribution in [0.15, 0.2) is 30.3 Å². The molecule has 11 heteroatoms. The van der Waals surface area contributed by atoms with Crippen molar-refractivity contribution in [3.8, 4) is 0 Å². The lowest BCUT2D eigenvalue weighted by molar-refractivity contribution is 0.514. The maximum Gasteiger partial charge on any atom is 0.308 e. The second-order valence-corrected chi connectivity index (χ2v) is 12.3. The van der Waals surface area contributed by atoms with E-state index in [9.17, 15) is 13.0 Å². The Labute approximate surface area is 127 Å². The van der Waals surface area contributed by atoms with Crippen LogP contribution in [0.2, 0.25) is 0 Å². The van der Waals surface area contributed by atoms with Gasteiger partial charge in [-0.1, -0.05) is 25.1 Å². The Balaban J connectivity index is 3.10. The van der Waals surface area contributed by atoms with Gasteiger partial charge in [-0.15, -0.1) is 4.08 Å². The lowest BCUT2D eigenvalue weighted by Crippen LogP contribution is -2.33. The third-order valence-electron chi connectivity index (χ3n) is 2.25. The molecule has 0 atom stereocenters. The molecule has 0 aliphatic carbocycles. The van der Waals surface area contributed by atoms with Gasteiger partial charge in [-0.05, 0) is 18.6 Å². The molecule has 0 heterocycles. The highest BCUT2D eigenvalue weighted by Gasteiger charge is 2.39. The average Bonchev–Trinajstić information content (AvgIpc) is 2.44. The van der Waals surface area contributed by atoms with E-state index in [4.69, 9.17) is 10.3 Å². The summed E-state index contributed by atoms with van der Waals surface area (Å²) in [7, 11) is -4.00. The first-order valence-electron chi connectivity index (χ1n) is 5.62. The summed E-state index contributed by atoms with van der Waals surface area (Å²) in [5.74, 6) is 0. The van der Waals surface area contributed by atoms with Crippen LogP contribution in [0.5, 0.6) is 0 Å². The molecule has 0 radical (unpaired) electrons. The maximum absolute atomic E-state index is 12.5. The van der Waals surface area contributed by atoms with Crippen molar-refractivity contribution < 1.29 is 13.0 Å². The first kappa shape index (κ1) is 17.8. The van der Waals surface area contributed by atoms with Crippen molar-refractivity contribution in [2.24, 2.45) is 10.3 Å². The van der Waals surface area contributed by atoms with Crippen LogP contribution in [-0.4, -0.2) is 19.0 Å². The fourth-order valence-electron chi connectivity index (χ4n) is 1.40. The number of anilines is 1. The summed E-state index contributed by atoms with van der Waals surface area (Å²) in [6.45, 7) is 1.84. The molecule has 0 unspecified atom stereocenters. The molecule has 0 aliphatic heterocycles. The monoisotopic (exact) mass is 356 g/mol. The largest absolute Gasteiger partial charge is 0.308 e. The van der Waals surface area contributed by atoms with Crippen LogP contribution in [-0.2, 0) is 14.8 Å². The van der Waals surface area contributed by atoms with Gasteiger partial charge in [-0.3, -0.25) is 19.6 Å². The Bertz CT molecular complexity index is 561. The molecule has 0 saturated heterocycles. The number of hydrogen-bond donors (Lipinski definition) is 3. The molecule has 1 aromatic carbocycles. The third-order valence-corrected chi connectivity index (χ3v) is 11.0. The van der Waals surface area contributed by atoms with E-state index in [1.165, 1.54) is 0 Å². The Kier molecular flexibility index (Phi) is 6.86. The van der Waals surface area contributed by atoms with Crippen molar-refractivity contribution in [2.75, 3.05) is 11.3 Å². The minimum atomic E-state index is -4.00. The number of nitrogens with zero attached hydrogens (tertiary/aromatic N) is 1. The van der Waals surface area contributed by atoms with Gasteiger partial charge in [0.25, 0.3) is 5.70 Å². The summed E-state index contributed by atoms with van der Waals surface area (Å²) >= 11 is 0.916. The SMILES string of the molecule is CCCN(P(=O)(SN)SN)S(=O)(=O)Nc1ccccc1. The maximum atomic E-state index is 12.5. The van der Waals surface area contributed by atoms with E-state index in [-0.39, 0.29) is 6.54 Å². The van der Waals surface area contributed by atoms with E-state index in [2.05, 4.69) is 4.72 Å². The lowest BCUT2D eigenvalue weighted by Gasteiger charge is -2.27. The van der Waals surface area contributed by atoms with Crippen LogP contribution in [0.4, 0.5) is 5.69 Å². The van der Waals surface area contributed by atoms with Crippen molar-refractivity contribution in [1.82, 2.24) is 4.08 Å². The Morgan fingerprint density at radius 1 is 1.25 bits per heavy atom. The van der Waals surface area contributed by atoms with Crippen molar-refractivity contribution in [3.63, 3.8) is 0 Å². The van der Waals surface area contributed by atoms with Crippen molar-refractivity contribution >= 4 is 44.7 Å². The highest BCUT2D eigenvalue weighted by Crippen LogP contribution is 2.67. The lowest BCUT2D eigenvalue weighted by atomic mass is 10.3. The quantitative estimate of drug-likeness (QED) is 0.483. The van der Waals surface area contributed by atoms with E-state index >= 15 is 0 Å². The smallest absolute Gasteiger partial charge is 0.279 e. The van der Waals surface area contributed by atoms with Crippen LogP contribution in [0.25, 0.3) is 0 Å². The van der Waals surface area contributed by atoms with E-state index in [1.54, 1.807) is 37.3 Å². The zero-order valence-corrected chi connectivity index (χ0v) is 14.1. The van der Waals surface area contributed by atoms with Gasteiger partial charge in [-0.2, -0.15) is 8.42 Å². The molecule has 7 nitrogen and oxygen atoms in total. The van der Waals surface area contributed by atoms with Gasteiger partial charge >= 0.3 is 10.2 Å². The molecular formula is C9H17N4O3PS3. The van der Waals surface area contributed by atoms with E-state index in [1.807, 2.05) is 0 Å². The normalized spacial score (nSPS) is 12.6. The van der Waals surface area contributed by atoms with Gasteiger partial charge in [0.15, 0.2) is 0 Å². The number of para-hydroxylation sites is 1. The fraction of sp³-hybridized carbons (Fsp3) is 0.333. The number of hydrogen-bond acceptors (Lipinski definition) is 7. The molecule has 0 saturated carbocycles. The minimum absolute atomic E-state index is 0.0633. The van der Waals surface area contributed by atoms with E-state index in [0.29, 0.717) is 35.2 Å². The Morgan fingerprint density at radius 2 is 1.80 bits per heavy atom. The van der Waals surface area contributed by atoms with Crippen LogP contribution in [0.1, 0.15) is 13.3 Å².